The zero-order valence-corrected chi connectivity index (χ0v) is 9.68. The molecule has 3 aromatic rings. The van der Waals surface area contributed by atoms with Crippen LogP contribution < -0.4 is 10.5 Å². The molecule has 86 valence electrons. The molecule has 2 N–H and O–H groups in total. The summed E-state index contributed by atoms with van der Waals surface area (Å²) in [5.74, 6) is 0.873. The van der Waals surface area contributed by atoms with Gasteiger partial charge >= 0.3 is 0 Å². The molecule has 17 heavy (non-hydrogen) atoms. The van der Waals surface area contributed by atoms with Crippen molar-refractivity contribution in [2.45, 2.75) is 6.67 Å². The lowest BCUT2D eigenvalue weighted by atomic mass is 10.1. The number of benzene rings is 2. The Kier molecular flexibility index (Phi) is 2.27. The molecule has 0 fully saturated rings. The molecule has 0 unspecified atom stereocenters. The van der Waals surface area contributed by atoms with E-state index in [0.29, 0.717) is 6.67 Å². The van der Waals surface area contributed by atoms with Gasteiger partial charge in [0, 0.05) is 10.8 Å². The molecule has 0 saturated carbocycles. The number of nitrogens with zero attached hydrogens (tertiary/aromatic N) is 1. The van der Waals surface area contributed by atoms with Gasteiger partial charge in [0.2, 0.25) is 0 Å². The minimum absolute atomic E-state index is 0.482. The van der Waals surface area contributed by atoms with Gasteiger partial charge in [0.1, 0.15) is 5.75 Å². The van der Waals surface area contributed by atoms with Crippen LogP contribution in [0.2, 0.25) is 0 Å². The van der Waals surface area contributed by atoms with Crippen LogP contribution >= 0.6 is 0 Å². The van der Waals surface area contributed by atoms with E-state index >= 15 is 0 Å². The lowest BCUT2D eigenvalue weighted by molar-refractivity contribution is 0.415. The van der Waals surface area contributed by atoms with E-state index in [1.807, 2.05) is 18.2 Å². The fraction of sp³-hybridized carbons (Fsp3) is 0.143. The molecule has 3 heteroatoms. The highest BCUT2D eigenvalue weighted by Gasteiger charge is 2.09. The standard InChI is InChI=1S/C14H14N2O/c1-17-10-6-7-14-12(8-10)11-4-2-3-5-13(11)16(14)9-15/h2-8H,9,15H2,1H3. The molecule has 2 aromatic carbocycles. The highest BCUT2D eigenvalue weighted by molar-refractivity contribution is 6.08. The largest absolute Gasteiger partial charge is 0.497 e. The van der Waals surface area contributed by atoms with Gasteiger partial charge in [-0.15, -0.1) is 0 Å². The lowest BCUT2D eigenvalue weighted by Gasteiger charge is -2.03. The molecule has 1 heterocycles. The molecule has 0 atom stereocenters. The Morgan fingerprint density at radius 3 is 2.59 bits per heavy atom. The molecular weight excluding hydrogens is 212 g/mol. The highest BCUT2D eigenvalue weighted by atomic mass is 16.5. The van der Waals surface area contributed by atoms with Crippen LogP contribution in [0, 0.1) is 0 Å². The Bertz CT molecular complexity index is 685. The summed E-state index contributed by atoms with van der Waals surface area (Å²) in [7, 11) is 1.68. The average Bonchev–Trinajstić information content (AvgIpc) is 2.71. The lowest BCUT2D eigenvalue weighted by Crippen LogP contribution is -2.05. The molecule has 1 aromatic heterocycles. The number of ether oxygens (including phenoxy) is 1. The monoisotopic (exact) mass is 226 g/mol. The molecule has 0 spiro atoms. The summed E-state index contributed by atoms with van der Waals surface area (Å²) in [6.45, 7) is 0.482. The first kappa shape index (κ1) is 10.2. The number of para-hydroxylation sites is 1. The second kappa shape index (κ2) is 3.79. The number of fused-ring (bicyclic) bond motifs is 3. The van der Waals surface area contributed by atoms with Gasteiger partial charge in [-0.3, -0.25) is 0 Å². The second-order valence-corrected chi connectivity index (χ2v) is 4.01. The number of hydrogen-bond acceptors (Lipinski definition) is 2. The fourth-order valence-corrected chi connectivity index (χ4v) is 2.36. The zero-order valence-electron chi connectivity index (χ0n) is 9.68. The van der Waals surface area contributed by atoms with E-state index in [9.17, 15) is 0 Å². The minimum atomic E-state index is 0.482. The van der Waals surface area contributed by atoms with E-state index < -0.39 is 0 Å². The number of hydrogen-bond donors (Lipinski definition) is 1. The SMILES string of the molecule is COc1ccc2c(c1)c1ccccc1n2CN. The molecule has 0 bridgehead atoms. The Morgan fingerprint density at radius 2 is 1.82 bits per heavy atom. The summed E-state index contributed by atoms with van der Waals surface area (Å²) < 4.78 is 7.39. The zero-order chi connectivity index (χ0) is 11.8. The summed E-state index contributed by atoms with van der Waals surface area (Å²) in [4.78, 5) is 0. The summed E-state index contributed by atoms with van der Waals surface area (Å²) in [5.41, 5.74) is 8.14. The molecule has 3 nitrogen and oxygen atoms in total. The third-order valence-electron chi connectivity index (χ3n) is 3.16. The van der Waals surface area contributed by atoms with Crippen molar-refractivity contribution in [2.24, 2.45) is 5.73 Å². The van der Waals surface area contributed by atoms with Crippen LogP contribution in [0.15, 0.2) is 42.5 Å². The molecule has 0 amide bonds. The van der Waals surface area contributed by atoms with Crippen LogP contribution in [0.25, 0.3) is 21.8 Å². The maximum atomic E-state index is 5.83. The molecule has 0 aliphatic carbocycles. The topological polar surface area (TPSA) is 40.2 Å². The van der Waals surface area contributed by atoms with Gasteiger partial charge < -0.3 is 15.0 Å². The minimum Gasteiger partial charge on any atom is -0.497 e. The van der Waals surface area contributed by atoms with Crippen LogP contribution in [0.3, 0.4) is 0 Å². The molecule has 3 rings (SSSR count). The van der Waals surface area contributed by atoms with Crippen molar-refractivity contribution in [3.05, 3.63) is 42.5 Å². The van der Waals surface area contributed by atoms with E-state index in [-0.39, 0.29) is 0 Å². The van der Waals surface area contributed by atoms with Crippen molar-refractivity contribution in [3.63, 3.8) is 0 Å². The van der Waals surface area contributed by atoms with Gasteiger partial charge in [-0.1, -0.05) is 18.2 Å². The first-order valence-electron chi connectivity index (χ1n) is 5.60. The smallest absolute Gasteiger partial charge is 0.119 e. The highest BCUT2D eigenvalue weighted by Crippen LogP contribution is 2.31. The van der Waals surface area contributed by atoms with Crippen LogP contribution in [-0.4, -0.2) is 11.7 Å². The Balaban J connectivity index is 2.49. The Morgan fingerprint density at radius 1 is 1.06 bits per heavy atom. The van der Waals surface area contributed by atoms with Gasteiger partial charge in [-0.05, 0) is 24.3 Å². The van der Waals surface area contributed by atoms with Crippen molar-refractivity contribution in [1.82, 2.24) is 4.57 Å². The number of methoxy groups -OCH3 is 1. The predicted molar refractivity (Wildman–Crippen MR) is 70.2 cm³/mol. The van der Waals surface area contributed by atoms with Crippen molar-refractivity contribution in [3.8, 4) is 5.75 Å². The van der Waals surface area contributed by atoms with E-state index in [1.165, 1.54) is 16.3 Å². The fourth-order valence-electron chi connectivity index (χ4n) is 2.36. The van der Waals surface area contributed by atoms with Gasteiger partial charge in [0.05, 0.1) is 24.8 Å². The summed E-state index contributed by atoms with van der Waals surface area (Å²) in [5, 5.41) is 2.40. The normalized spacial score (nSPS) is 11.2. The van der Waals surface area contributed by atoms with Gasteiger partial charge in [0.15, 0.2) is 0 Å². The van der Waals surface area contributed by atoms with Crippen LogP contribution in [-0.2, 0) is 6.67 Å². The predicted octanol–water partition coefficient (Wildman–Crippen LogP) is 2.72. The van der Waals surface area contributed by atoms with Gasteiger partial charge in [0.25, 0.3) is 0 Å². The van der Waals surface area contributed by atoms with Crippen molar-refractivity contribution < 1.29 is 4.74 Å². The number of rotatable bonds is 2. The second-order valence-electron chi connectivity index (χ2n) is 4.01. The Labute approximate surface area is 99.4 Å². The first-order chi connectivity index (χ1) is 8.35. The first-order valence-corrected chi connectivity index (χ1v) is 5.60. The summed E-state index contributed by atoms with van der Waals surface area (Å²) in [6, 6.07) is 14.4. The molecular formula is C14H14N2O. The van der Waals surface area contributed by atoms with Crippen LogP contribution in [0.5, 0.6) is 5.75 Å². The number of aromatic nitrogens is 1. The van der Waals surface area contributed by atoms with Crippen LogP contribution in [0.4, 0.5) is 0 Å². The third-order valence-corrected chi connectivity index (χ3v) is 3.16. The van der Waals surface area contributed by atoms with Crippen molar-refractivity contribution in [2.75, 3.05) is 7.11 Å². The molecule has 0 aliphatic rings. The van der Waals surface area contributed by atoms with E-state index in [2.05, 4.69) is 28.8 Å². The summed E-state index contributed by atoms with van der Waals surface area (Å²) in [6.07, 6.45) is 0. The van der Waals surface area contributed by atoms with Gasteiger partial charge in [-0.25, -0.2) is 0 Å². The average molecular weight is 226 g/mol. The summed E-state index contributed by atoms with van der Waals surface area (Å²) >= 11 is 0. The maximum absolute atomic E-state index is 5.83. The Hall–Kier alpha value is -2.00. The maximum Gasteiger partial charge on any atom is 0.119 e. The van der Waals surface area contributed by atoms with E-state index in [4.69, 9.17) is 10.5 Å². The van der Waals surface area contributed by atoms with Crippen LogP contribution in [0.1, 0.15) is 0 Å². The van der Waals surface area contributed by atoms with E-state index in [1.54, 1.807) is 7.11 Å². The van der Waals surface area contributed by atoms with Gasteiger partial charge in [-0.2, -0.15) is 0 Å². The quantitative estimate of drug-likeness (QED) is 0.729. The number of nitrogens with two attached hydrogens (primary N) is 1. The third kappa shape index (κ3) is 1.40. The van der Waals surface area contributed by atoms with Crippen molar-refractivity contribution in [1.29, 1.82) is 0 Å². The van der Waals surface area contributed by atoms with Crippen molar-refractivity contribution >= 4 is 21.8 Å². The van der Waals surface area contributed by atoms with E-state index in [0.717, 1.165) is 11.3 Å². The molecule has 0 saturated heterocycles. The molecule has 0 aliphatic heterocycles. The molecule has 0 radical (unpaired) electrons.